The van der Waals surface area contributed by atoms with Gasteiger partial charge in [0.1, 0.15) is 5.69 Å². The Balaban J connectivity index is 2.00. The summed E-state index contributed by atoms with van der Waals surface area (Å²) in [7, 11) is 0. The van der Waals surface area contributed by atoms with Crippen LogP contribution in [0.15, 0.2) is 6.20 Å². The fraction of sp³-hybridized carbons (Fsp3) is 0.700. The van der Waals surface area contributed by atoms with Crippen LogP contribution in [-0.4, -0.2) is 44.0 Å². The summed E-state index contributed by atoms with van der Waals surface area (Å²) in [5.74, 6) is 0.185. The molecule has 0 saturated carbocycles. The van der Waals surface area contributed by atoms with Crippen molar-refractivity contribution in [3.63, 3.8) is 0 Å². The zero-order valence-corrected chi connectivity index (χ0v) is 9.33. The van der Waals surface area contributed by atoms with Gasteiger partial charge in [0.05, 0.1) is 18.8 Å². The molecular formula is C10H16N4O2. The van der Waals surface area contributed by atoms with Gasteiger partial charge >= 0.3 is 0 Å². The van der Waals surface area contributed by atoms with Crippen molar-refractivity contribution in [2.24, 2.45) is 0 Å². The normalized spacial score (nSPS) is 20.4. The van der Waals surface area contributed by atoms with E-state index in [1.165, 1.54) is 0 Å². The summed E-state index contributed by atoms with van der Waals surface area (Å²) in [5, 5.41) is 16.7. The highest BCUT2D eigenvalue weighted by Crippen LogP contribution is 2.21. The van der Waals surface area contributed by atoms with Gasteiger partial charge in [-0.1, -0.05) is 12.1 Å². The quantitative estimate of drug-likeness (QED) is 0.781. The van der Waals surface area contributed by atoms with E-state index in [9.17, 15) is 4.79 Å². The molecule has 16 heavy (non-hydrogen) atoms. The van der Waals surface area contributed by atoms with Crippen LogP contribution in [0.1, 0.15) is 31.5 Å². The molecule has 0 aromatic carbocycles. The number of hydrogen-bond acceptors (Lipinski definition) is 4. The second-order valence-corrected chi connectivity index (χ2v) is 3.98. The third-order valence-corrected chi connectivity index (χ3v) is 2.91. The first-order chi connectivity index (χ1) is 7.74. The van der Waals surface area contributed by atoms with Crippen LogP contribution in [0.2, 0.25) is 0 Å². The molecule has 2 heterocycles. The third kappa shape index (κ3) is 2.06. The van der Waals surface area contributed by atoms with Crippen LogP contribution in [0.4, 0.5) is 0 Å². The zero-order valence-electron chi connectivity index (χ0n) is 9.33. The lowest BCUT2D eigenvalue weighted by atomic mass is 10.3. The molecule has 1 saturated heterocycles. The molecule has 0 bridgehead atoms. The summed E-state index contributed by atoms with van der Waals surface area (Å²) >= 11 is 0. The van der Waals surface area contributed by atoms with Crippen LogP contribution >= 0.6 is 0 Å². The van der Waals surface area contributed by atoms with Crippen LogP contribution in [0, 0.1) is 0 Å². The number of carbonyl (C=O) groups is 1. The minimum absolute atomic E-state index is 0.0929. The highest BCUT2D eigenvalue weighted by atomic mass is 16.3. The smallest absolute Gasteiger partial charge is 0.222 e. The molecule has 1 aromatic rings. The van der Waals surface area contributed by atoms with Crippen LogP contribution in [-0.2, 0) is 11.4 Å². The van der Waals surface area contributed by atoms with E-state index in [0.717, 1.165) is 13.0 Å². The largest absolute Gasteiger partial charge is 0.390 e. The van der Waals surface area contributed by atoms with E-state index in [-0.39, 0.29) is 18.6 Å². The molecule has 0 radical (unpaired) electrons. The molecule has 1 aliphatic heterocycles. The molecule has 0 spiro atoms. The second-order valence-electron chi connectivity index (χ2n) is 3.98. The average molecular weight is 224 g/mol. The van der Waals surface area contributed by atoms with Crippen molar-refractivity contribution in [3.8, 4) is 0 Å². The maximum Gasteiger partial charge on any atom is 0.222 e. The van der Waals surface area contributed by atoms with Crippen molar-refractivity contribution in [1.82, 2.24) is 19.9 Å². The van der Waals surface area contributed by atoms with Gasteiger partial charge in [-0.05, 0) is 6.42 Å². The summed E-state index contributed by atoms with van der Waals surface area (Å²) in [6, 6.07) is 0.197. The molecule has 0 aliphatic carbocycles. The number of aliphatic hydroxyl groups excluding tert-OH is 1. The number of rotatable bonds is 3. The van der Waals surface area contributed by atoms with Crippen molar-refractivity contribution >= 4 is 5.91 Å². The Morgan fingerprint density at radius 3 is 3.12 bits per heavy atom. The number of nitrogens with zero attached hydrogens (tertiary/aromatic N) is 4. The highest BCUT2D eigenvalue weighted by Gasteiger charge is 2.27. The van der Waals surface area contributed by atoms with Gasteiger partial charge in [0.15, 0.2) is 0 Å². The second kappa shape index (κ2) is 4.61. The van der Waals surface area contributed by atoms with Gasteiger partial charge in [0, 0.05) is 19.5 Å². The van der Waals surface area contributed by atoms with Crippen molar-refractivity contribution < 1.29 is 9.90 Å². The Kier molecular flexibility index (Phi) is 3.19. The Bertz CT molecular complexity index is 377. The molecule has 2 rings (SSSR count). The van der Waals surface area contributed by atoms with Crippen molar-refractivity contribution in [2.75, 3.05) is 13.1 Å². The Morgan fingerprint density at radius 2 is 2.50 bits per heavy atom. The number of amides is 1. The number of likely N-dealkylation sites (tertiary alicyclic amines) is 1. The minimum Gasteiger partial charge on any atom is -0.390 e. The first-order valence-electron chi connectivity index (χ1n) is 5.54. The molecule has 1 aromatic heterocycles. The number of hydrogen-bond donors (Lipinski definition) is 1. The first kappa shape index (κ1) is 11.1. The zero-order chi connectivity index (χ0) is 11.5. The van der Waals surface area contributed by atoms with E-state index >= 15 is 0 Å². The van der Waals surface area contributed by atoms with E-state index in [1.54, 1.807) is 10.9 Å². The van der Waals surface area contributed by atoms with Gasteiger partial charge in [-0.25, -0.2) is 4.68 Å². The van der Waals surface area contributed by atoms with Crippen LogP contribution < -0.4 is 0 Å². The van der Waals surface area contributed by atoms with E-state index in [1.807, 2.05) is 11.8 Å². The maximum atomic E-state index is 11.5. The lowest BCUT2D eigenvalue weighted by molar-refractivity contribution is -0.129. The molecule has 1 amide bonds. The first-order valence-corrected chi connectivity index (χ1v) is 5.54. The van der Waals surface area contributed by atoms with Gasteiger partial charge in [-0.2, -0.15) is 0 Å². The van der Waals surface area contributed by atoms with E-state index in [0.29, 0.717) is 18.7 Å². The van der Waals surface area contributed by atoms with Crippen LogP contribution in [0.5, 0.6) is 0 Å². The van der Waals surface area contributed by atoms with E-state index in [2.05, 4.69) is 10.3 Å². The van der Waals surface area contributed by atoms with Gasteiger partial charge in [0.2, 0.25) is 5.91 Å². The lowest BCUT2D eigenvalue weighted by Crippen LogP contribution is -2.28. The third-order valence-electron chi connectivity index (χ3n) is 2.91. The molecule has 6 heteroatoms. The predicted octanol–water partition coefficient (Wildman–Crippen LogP) is -0.0462. The van der Waals surface area contributed by atoms with E-state index < -0.39 is 0 Å². The van der Waals surface area contributed by atoms with Gasteiger partial charge in [-0.15, -0.1) is 5.10 Å². The van der Waals surface area contributed by atoms with Crippen molar-refractivity contribution in [1.29, 1.82) is 0 Å². The number of carbonyl (C=O) groups excluding carboxylic acids is 1. The Labute approximate surface area is 93.9 Å². The Morgan fingerprint density at radius 1 is 1.69 bits per heavy atom. The van der Waals surface area contributed by atoms with E-state index in [4.69, 9.17) is 5.11 Å². The SMILES string of the molecule is CCC(=O)N1CCC(n2cc(CO)nn2)C1. The summed E-state index contributed by atoms with van der Waals surface area (Å²) in [6.45, 7) is 3.26. The topological polar surface area (TPSA) is 71.2 Å². The maximum absolute atomic E-state index is 11.5. The van der Waals surface area contributed by atoms with Crippen LogP contribution in [0.25, 0.3) is 0 Å². The molecule has 1 unspecified atom stereocenters. The van der Waals surface area contributed by atoms with Gasteiger partial charge < -0.3 is 10.0 Å². The average Bonchev–Trinajstić information content (AvgIpc) is 2.95. The molecule has 1 N–H and O–H groups in total. The predicted molar refractivity (Wildman–Crippen MR) is 56.5 cm³/mol. The van der Waals surface area contributed by atoms with Crippen molar-refractivity contribution in [3.05, 3.63) is 11.9 Å². The summed E-state index contributed by atoms with van der Waals surface area (Å²) in [4.78, 5) is 13.3. The minimum atomic E-state index is -0.0929. The molecule has 1 aliphatic rings. The molecule has 1 atom stereocenters. The molecule has 88 valence electrons. The van der Waals surface area contributed by atoms with Gasteiger partial charge in [0.25, 0.3) is 0 Å². The standard InChI is InChI=1S/C10H16N4O2/c1-2-10(16)13-4-3-9(6-13)14-5-8(7-15)11-12-14/h5,9,15H,2-4,6-7H2,1H3. The van der Waals surface area contributed by atoms with Gasteiger partial charge in [-0.3, -0.25) is 4.79 Å². The van der Waals surface area contributed by atoms with Crippen LogP contribution in [0.3, 0.4) is 0 Å². The molecule has 1 fully saturated rings. The summed E-state index contributed by atoms with van der Waals surface area (Å²) < 4.78 is 1.74. The monoisotopic (exact) mass is 224 g/mol. The Hall–Kier alpha value is -1.43. The summed E-state index contributed by atoms with van der Waals surface area (Å²) in [6.07, 6.45) is 3.19. The number of aliphatic hydroxyl groups is 1. The fourth-order valence-electron chi connectivity index (χ4n) is 1.97. The van der Waals surface area contributed by atoms with Crippen molar-refractivity contribution in [2.45, 2.75) is 32.4 Å². The molecular weight excluding hydrogens is 208 g/mol. The lowest BCUT2D eigenvalue weighted by Gasteiger charge is -2.15. The number of aromatic nitrogens is 3. The molecule has 6 nitrogen and oxygen atoms in total. The summed E-state index contributed by atoms with van der Waals surface area (Å²) in [5.41, 5.74) is 0.570. The fourth-order valence-corrected chi connectivity index (χ4v) is 1.97. The highest BCUT2D eigenvalue weighted by molar-refractivity contribution is 5.76.